The summed E-state index contributed by atoms with van der Waals surface area (Å²) in [5.74, 6) is 2.58. The molecule has 0 saturated carbocycles. The van der Waals surface area contributed by atoms with Crippen molar-refractivity contribution in [2.24, 2.45) is 0 Å². The molecule has 0 amide bonds. The monoisotopic (exact) mass is 754 g/mol. The first-order chi connectivity index (χ1) is 27.8. The molecule has 8 aromatic carbocycles. The summed E-state index contributed by atoms with van der Waals surface area (Å²) in [5, 5.41) is 8.71. The van der Waals surface area contributed by atoms with Crippen LogP contribution in [0, 0.1) is 0 Å². The van der Waals surface area contributed by atoms with Gasteiger partial charge in [0.15, 0.2) is 0 Å². The van der Waals surface area contributed by atoms with Gasteiger partial charge in [0.25, 0.3) is 0 Å². The van der Waals surface area contributed by atoms with Gasteiger partial charge in [-0.15, -0.1) is 0 Å². The van der Waals surface area contributed by atoms with Crippen LogP contribution >= 0.6 is 14.8 Å². The summed E-state index contributed by atoms with van der Waals surface area (Å²) < 4.78 is 0. The highest BCUT2D eigenvalue weighted by atomic mass is 31.2. The minimum absolute atomic E-state index is 0.956. The lowest BCUT2D eigenvalue weighted by molar-refractivity contribution is 1.29. The van der Waals surface area contributed by atoms with Crippen LogP contribution in [-0.4, -0.2) is 10.8 Å². The zero-order valence-corrected chi connectivity index (χ0v) is 32.7. The van der Waals surface area contributed by atoms with Gasteiger partial charge in [0.2, 0.25) is 0 Å². The van der Waals surface area contributed by atoms with E-state index < -0.39 is 14.8 Å². The van der Waals surface area contributed by atoms with E-state index in [1.807, 2.05) is 0 Å². The maximum absolute atomic E-state index is 5.80. The number of nitrogens with zero attached hydrogens (tertiary/aromatic N) is 2. The maximum Gasteiger partial charge on any atom is 0.0752 e. The fourth-order valence-corrected chi connectivity index (χ4v) is 14.2. The predicted molar refractivity (Wildman–Crippen MR) is 245 cm³/mol. The van der Waals surface area contributed by atoms with Gasteiger partial charge in [-0.3, -0.25) is 0 Å². The average Bonchev–Trinajstić information content (AvgIpc) is 3.29. The molecular weight excluding hydrogens is 715 g/mol. The zero-order chi connectivity index (χ0) is 37.6. The normalized spacial score (nSPS) is 11.4. The van der Waals surface area contributed by atoms with Gasteiger partial charge in [-0.05, 0) is 77.5 Å². The number of benzene rings is 8. The number of hydrogen-bond acceptors (Lipinski definition) is 2. The molecule has 9 rings (SSSR count). The van der Waals surface area contributed by atoms with Crippen LogP contribution in [0.15, 0.2) is 237 Å². The Morgan fingerprint density at radius 1 is 0.393 bits per heavy atom. The zero-order valence-electron chi connectivity index (χ0n) is 30.9. The van der Waals surface area contributed by atoms with Gasteiger partial charge in [-0.1, -0.05) is 206 Å². The van der Waals surface area contributed by atoms with Crippen LogP contribution in [-0.2, 0) is 0 Å². The van der Waals surface area contributed by atoms with Crippen molar-refractivity contribution in [3.63, 3.8) is 0 Å². The molecule has 0 atom stereocenters. The summed E-state index contributed by atoms with van der Waals surface area (Å²) >= 11 is 0. The number of aromatic nitrogens is 1. The van der Waals surface area contributed by atoms with E-state index in [1.165, 1.54) is 31.8 Å². The summed E-state index contributed by atoms with van der Waals surface area (Å²) in [4.78, 5) is 8.26. The summed E-state index contributed by atoms with van der Waals surface area (Å²) in [7, 11) is -1.15. The third kappa shape index (κ3) is 6.80. The highest BCUT2D eigenvalue weighted by Crippen LogP contribution is 2.48. The van der Waals surface area contributed by atoms with E-state index in [9.17, 15) is 0 Å². The maximum atomic E-state index is 5.80. The van der Waals surface area contributed by atoms with Crippen LogP contribution in [0.25, 0.3) is 10.9 Å². The summed E-state index contributed by atoms with van der Waals surface area (Å²) in [6, 6.07) is 85.7. The molecule has 4 heteroatoms. The van der Waals surface area contributed by atoms with Gasteiger partial charge in [-0.25, -0.2) is 4.98 Å². The molecule has 0 fully saturated rings. The van der Waals surface area contributed by atoms with Gasteiger partial charge in [0, 0.05) is 22.1 Å². The largest absolute Gasteiger partial charge is 0.309 e. The number of anilines is 3. The Morgan fingerprint density at radius 2 is 0.750 bits per heavy atom. The van der Waals surface area contributed by atoms with Crippen LogP contribution in [0.3, 0.4) is 0 Å². The Balaban J connectivity index is 1.53. The molecule has 0 radical (unpaired) electrons. The highest BCUT2D eigenvalue weighted by Gasteiger charge is 2.32. The molecule has 268 valence electrons. The molecule has 0 aliphatic rings. The van der Waals surface area contributed by atoms with Crippen molar-refractivity contribution < 1.29 is 0 Å². The molecule has 9 aromatic rings. The Hall–Kier alpha value is -6.30. The first-order valence-electron chi connectivity index (χ1n) is 19.0. The second kappa shape index (κ2) is 16.2. The molecule has 0 bridgehead atoms. The second-order valence-corrected chi connectivity index (χ2v) is 19.0. The third-order valence-corrected chi connectivity index (χ3v) is 16.7. The van der Waals surface area contributed by atoms with Crippen molar-refractivity contribution in [1.82, 2.24) is 4.98 Å². The minimum Gasteiger partial charge on any atom is -0.309 e. The molecule has 0 spiro atoms. The van der Waals surface area contributed by atoms with Crippen LogP contribution in [0.4, 0.5) is 17.1 Å². The SMILES string of the molecule is C(c1nc2ccccc2c(N(c2ccccc2)c2ccccc2)c1P(c1ccccc1)c1ccccc1)=P(c1ccccc1)(c1ccccc1)c1ccccc1. The van der Waals surface area contributed by atoms with Gasteiger partial charge in [-0.2, -0.15) is 0 Å². The molecule has 56 heavy (non-hydrogen) atoms. The van der Waals surface area contributed by atoms with Crippen LogP contribution < -0.4 is 36.7 Å². The van der Waals surface area contributed by atoms with Crippen LogP contribution in [0.2, 0.25) is 0 Å². The van der Waals surface area contributed by atoms with Crippen molar-refractivity contribution in [3.05, 3.63) is 242 Å². The first kappa shape index (κ1) is 35.4. The average molecular weight is 755 g/mol. The van der Waals surface area contributed by atoms with Crippen LogP contribution in [0.1, 0.15) is 5.69 Å². The van der Waals surface area contributed by atoms with Gasteiger partial charge in [0.1, 0.15) is 0 Å². The molecule has 1 heterocycles. The molecule has 0 unspecified atom stereocenters. The molecule has 2 nitrogen and oxygen atoms in total. The molecule has 1 aromatic heterocycles. The van der Waals surface area contributed by atoms with Crippen molar-refractivity contribution in [2.75, 3.05) is 4.90 Å². The van der Waals surface area contributed by atoms with E-state index in [0.717, 1.165) is 33.7 Å². The Kier molecular flexibility index (Phi) is 10.2. The molecule has 0 saturated heterocycles. The van der Waals surface area contributed by atoms with Crippen molar-refractivity contribution >= 4 is 80.4 Å². The van der Waals surface area contributed by atoms with Crippen molar-refractivity contribution in [3.8, 4) is 0 Å². The second-order valence-electron chi connectivity index (χ2n) is 13.6. The quantitative estimate of drug-likeness (QED) is 0.129. The number of para-hydroxylation sites is 3. The van der Waals surface area contributed by atoms with Gasteiger partial charge >= 0.3 is 0 Å². The van der Waals surface area contributed by atoms with Crippen molar-refractivity contribution in [1.29, 1.82) is 0 Å². The molecule has 0 N–H and O–H groups in total. The van der Waals surface area contributed by atoms with E-state index in [1.54, 1.807) is 0 Å². The van der Waals surface area contributed by atoms with E-state index in [2.05, 4.69) is 247 Å². The first-order valence-corrected chi connectivity index (χ1v) is 22.2. The van der Waals surface area contributed by atoms with E-state index in [0.29, 0.717) is 0 Å². The van der Waals surface area contributed by atoms with E-state index in [-0.39, 0.29) is 0 Å². The summed E-state index contributed by atoms with van der Waals surface area (Å²) in [5.41, 5.74) is 5.28. The molecular formula is C52H40N2P2. The Morgan fingerprint density at radius 3 is 1.18 bits per heavy atom. The van der Waals surface area contributed by atoms with E-state index in [4.69, 9.17) is 4.98 Å². The smallest absolute Gasteiger partial charge is 0.0752 e. The Bertz CT molecular complexity index is 2540. The number of hydrogen-bond donors (Lipinski definition) is 0. The number of fused-ring (bicyclic) bond motifs is 1. The third-order valence-electron chi connectivity index (χ3n) is 10.2. The summed E-state index contributed by atoms with van der Waals surface area (Å²) in [6.45, 7) is -2.49. The lowest BCUT2D eigenvalue weighted by Crippen LogP contribution is -2.32. The number of rotatable bonds is 10. The van der Waals surface area contributed by atoms with E-state index >= 15 is 0 Å². The van der Waals surface area contributed by atoms with Crippen LogP contribution in [0.5, 0.6) is 0 Å². The predicted octanol–water partition coefficient (Wildman–Crippen LogP) is 10.6. The topological polar surface area (TPSA) is 16.1 Å². The number of pyridine rings is 1. The fourth-order valence-electron chi connectivity index (χ4n) is 7.71. The lowest BCUT2D eigenvalue weighted by Gasteiger charge is -2.34. The lowest BCUT2D eigenvalue weighted by atomic mass is 10.1. The highest BCUT2D eigenvalue weighted by molar-refractivity contribution is 7.94. The van der Waals surface area contributed by atoms with Gasteiger partial charge < -0.3 is 4.90 Å². The molecule has 0 aliphatic carbocycles. The van der Waals surface area contributed by atoms with Gasteiger partial charge in [0.05, 0.1) is 16.9 Å². The molecule has 0 aliphatic heterocycles. The standard InChI is InChI=1S/C52H40N2P2/c1-8-24-41(25-9-1)54(42-26-10-2-11-27-42)51-48-38-22-23-39-49(48)53-50(52(51)55(43-28-12-3-13-29-43)44-30-14-4-15-31-44)40-56(45-32-16-5-17-33-45,46-34-18-6-19-35-46)47-36-20-7-21-37-47/h1-40H. The summed E-state index contributed by atoms with van der Waals surface area (Å²) in [6.07, 6.45) is 0. The minimum atomic E-state index is -2.49. The Labute approximate surface area is 331 Å². The fraction of sp³-hybridized carbons (Fsp3) is 0. The van der Waals surface area contributed by atoms with Crippen molar-refractivity contribution in [2.45, 2.75) is 0 Å².